The van der Waals surface area contributed by atoms with E-state index >= 15 is 0 Å². The number of hydrogen-bond donors (Lipinski definition) is 3. The second kappa shape index (κ2) is 5.76. The summed E-state index contributed by atoms with van der Waals surface area (Å²) in [5, 5.41) is 21.2. The van der Waals surface area contributed by atoms with Crippen LogP contribution >= 0.6 is 0 Å². The number of carbonyl (C=O) groups excluding carboxylic acids is 1. The first-order valence-corrected chi connectivity index (χ1v) is 6.37. The zero-order valence-corrected chi connectivity index (χ0v) is 12.2. The first-order valence-electron chi connectivity index (χ1n) is 6.37. The number of benzene rings is 1. The van der Waals surface area contributed by atoms with E-state index in [9.17, 15) is 4.79 Å². The average Bonchev–Trinajstić information content (AvgIpc) is 2.20. The van der Waals surface area contributed by atoms with Gasteiger partial charge in [-0.1, -0.05) is 32.9 Å². The summed E-state index contributed by atoms with van der Waals surface area (Å²) < 4.78 is 0. The van der Waals surface area contributed by atoms with Crippen LogP contribution in [-0.2, 0) is 4.79 Å². The SMILES string of the molecule is Cc1cc(B(O)O)cc(C)c1NC(=O)CC(C)(C)C. The van der Waals surface area contributed by atoms with Gasteiger partial charge in [0.05, 0.1) is 0 Å². The van der Waals surface area contributed by atoms with E-state index in [0.29, 0.717) is 11.9 Å². The minimum absolute atomic E-state index is 0.0315. The summed E-state index contributed by atoms with van der Waals surface area (Å²) in [6.45, 7) is 9.71. The van der Waals surface area contributed by atoms with Gasteiger partial charge in [-0.25, -0.2) is 0 Å². The predicted octanol–water partition coefficient (Wildman–Crippen LogP) is 1.36. The van der Waals surface area contributed by atoms with E-state index in [1.807, 2.05) is 34.6 Å². The van der Waals surface area contributed by atoms with Crippen molar-refractivity contribution in [3.05, 3.63) is 23.3 Å². The van der Waals surface area contributed by atoms with E-state index in [4.69, 9.17) is 10.0 Å². The third-order valence-corrected chi connectivity index (χ3v) is 2.81. The Labute approximate surface area is 115 Å². The van der Waals surface area contributed by atoms with Gasteiger partial charge in [-0.3, -0.25) is 4.79 Å². The number of nitrogens with one attached hydrogen (secondary N) is 1. The summed E-state index contributed by atoms with van der Waals surface area (Å²) in [7, 11) is -1.49. The van der Waals surface area contributed by atoms with Crippen LogP contribution in [0.3, 0.4) is 0 Å². The molecule has 0 saturated carbocycles. The van der Waals surface area contributed by atoms with Crippen molar-refractivity contribution in [3.8, 4) is 0 Å². The molecule has 1 amide bonds. The molecule has 1 rings (SSSR count). The van der Waals surface area contributed by atoms with Crippen molar-refractivity contribution in [2.24, 2.45) is 5.41 Å². The van der Waals surface area contributed by atoms with E-state index in [1.54, 1.807) is 12.1 Å². The van der Waals surface area contributed by atoms with E-state index in [0.717, 1.165) is 16.8 Å². The first-order chi connectivity index (χ1) is 8.60. The molecule has 0 saturated heterocycles. The molecule has 3 N–H and O–H groups in total. The standard InChI is InChI=1S/C14H22BNO3/c1-9-6-11(15(18)19)7-10(2)13(9)16-12(17)8-14(3,4)5/h6-7,18-19H,8H2,1-5H3,(H,16,17). The maximum atomic E-state index is 11.9. The highest BCUT2D eigenvalue weighted by atomic mass is 16.4. The molecular weight excluding hydrogens is 241 g/mol. The van der Waals surface area contributed by atoms with Gasteiger partial charge in [-0.05, 0) is 35.9 Å². The van der Waals surface area contributed by atoms with Crippen LogP contribution in [0.1, 0.15) is 38.3 Å². The highest BCUT2D eigenvalue weighted by Crippen LogP contribution is 2.22. The quantitative estimate of drug-likeness (QED) is 0.721. The minimum Gasteiger partial charge on any atom is -0.423 e. The van der Waals surface area contributed by atoms with Crippen molar-refractivity contribution in [3.63, 3.8) is 0 Å². The van der Waals surface area contributed by atoms with Gasteiger partial charge >= 0.3 is 7.12 Å². The molecule has 0 aliphatic carbocycles. The summed E-state index contributed by atoms with van der Waals surface area (Å²) in [6, 6.07) is 3.34. The Morgan fingerprint density at radius 3 is 2.05 bits per heavy atom. The molecule has 104 valence electrons. The smallest absolute Gasteiger partial charge is 0.423 e. The highest BCUT2D eigenvalue weighted by molar-refractivity contribution is 6.58. The fourth-order valence-electron chi connectivity index (χ4n) is 2.01. The van der Waals surface area contributed by atoms with Gasteiger partial charge in [0.15, 0.2) is 0 Å². The van der Waals surface area contributed by atoms with Gasteiger partial charge in [0, 0.05) is 12.1 Å². The molecule has 0 aromatic heterocycles. The zero-order chi connectivity index (χ0) is 14.8. The Kier molecular flexibility index (Phi) is 4.77. The number of anilines is 1. The van der Waals surface area contributed by atoms with Gasteiger partial charge in [0.1, 0.15) is 0 Å². The molecule has 0 radical (unpaired) electrons. The van der Waals surface area contributed by atoms with Crippen LogP contribution in [-0.4, -0.2) is 23.1 Å². The molecule has 1 aromatic rings. The van der Waals surface area contributed by atoms with Crippen LogP contribution in [0.25, 0.3) is 0 Å². The van der Waals surface area contributed by atoms with Crippen LogP contribution < -0.4 is 10.8 Å². The molecule has 0 aliphatic heterocycles. The molecule has 5 heteroatoms. The van der Waals surface area contributed by atoms with Crippen LogP contribution in [0.15, 0.2) is 12.1 Å². The normalized spacial score (nSPS) is 11.3. The van der Waals surface area contributed by atoms with Gasteiger partial charge < -0.3 is 15.4 Å². The fraction of sp³-hybridized carbons (Fsp3) is 0.500. The third-order valence-electron chi connectivity index (χ3n) is 2.81. The Morgan fingerprint density at radius 1 is 1.21 bits per heavy atom. The molecule has 4 nitrogen and oxygen atoms in total. The largest absolute Gasteiger partial charge is 0.488 e. The Balaban J connectivity index is 2.94. The molecule has 0 aliphatic rings. The molecule has 1 aromatic carbocycles. The fourth-order valence-corrected chi connectivity index (χ4v) is 2.01. The van der Waals surface area contributed by atoms with Crippen molar-refractivity contribution in [1.29, 1.82) is 0 Å². The van der Waals surface area contributed by atoms with Gasteiger partial charge in [-0.2, -0.15) is 0 Å². The summed E-state index contributed by atoms with van der Waals surface area (Å²) in [5.41, 5.74) is 2.77. The second-order valence-corrected chi connectivity index (χ2v) is 6.19. The average molecular weight is 263 g/mol. The lowest BCUT2D eigenvalue weighted by Crippen LogP contribution is -2.31. The molecule has 19 heavy (non-hydrogen) atoms. The van der Waals surface area contributed by atoms with E-state index in [2.05, 4.69) is 5.32 Å². The first kappa shape index (κ1) is 15.7. The van der Waals surface area contributed by atoms with Crippen molar-refractivity contribution in [1.82, 2.24) is 0 Å². The van der Waals surface area contributed by atoms with E-state index in [-0.39, 0.29) is 11.3 Å². The van der Waals surface area contributed by atoms with Crippen molar-refractivity contribution in [2.45, 2.75) is 41.0 Å². The van der Waals surface area contributed by atoms with Crippen LogP contribution in [0.2, 0.25) is 0 Å². The van der Waals surface area contributed by atoms with Gasteiger partial charge in [0.25, 0.3) is 0 Å². The zero-order valence-electron chi connectivity index (χ0n) is 12.2. The topological polar surface area (TPSA) is 69.6 Å². The van der Waals surface area contributed by atoms with Crippen LogP contribution in [0.4, 0.5) is 5.69 Å². The lowest BCUT2D eigenvalue weighted by Gasteiger charge is -2.19. The summed E-state index contributed by atoms with van der Waals surface area (Å²) in [6.07, 6.45) is 0.441. The van der Waals surface area contributed by atoms with Gasteiger partial charge in [0.2, 0.25) is 5.91 Å². The Hall–Kier alpha value is -1.33. The Morgan fingerprint density at radius 2 is 1.68 bits per heavy atom. The maximum Gasteiger partial charge on any atom is 0.488 e. The van der Waals surface area contributed by atoms with Crippen molar-refractivity contribution >= 4 is 24.2 Å². The number of hydrogen-bond acceptors (Lipinski definition) is 3. The number of aryl methyl sites for hydroxylation is 2. The number of rotatable bonds is 3. The molecule has 0 fully saturated rings. The molecule has 0 bridgehead atoms. The van der Waals surface area contributed by atoms with Gasteiger partial charge in [-0.15, -0.1) is 0 Å². The van der Waals surface area contributed by atoms with Crippen molar-refractivity contribution in [2.75, 3.05) is 5.32 Å². The van der Waals surface area contributed by atoms with E-state index in [1.165, 1.54) is 0 Å². The summed E-state index contributed by atoms with van der Waals surface area (Å²) in [5.74, 6) is -0.0315. The Bertz CT molecular complexity index is 455. The van der Waals surface area contributed by atoms with Crippen LogP contribution in [0.5, 0.6) is 0 Å². The molecule has 0 heterocycles. The maximum absolute atomic E-state index is 11.9. The molecule has 0 unspecified atom stereocenters. The molecule has 0 atom stereocenters. The van der Waals surface area contributed by atoms with Crippen molar-refractivity contribution < 1.29 is 14.8 Å². The number of amides is 1. The predicted molar refractivity (Wildman–Crippen MR) is 78.4 cm³/mol. The number of carbonyl (C=O) groups is 1. The summed E-state index contributed by atoms with van der Waals surface area (Å²) in [4.78, 5) is 11.9. The minimum atomic E-state index is -1.49. The highest BCUT2D eigenvalue weighted by Gasteiger charge is 2.19. The van der Waals surface area contributed by atoms with E-state index < -0.39 is 7.12 Å². The lowest BCUT2D eigenvalue weighted by atomic mass is 9.78. The lowest BCUT2D eigenvalue weighted by molar-refractivity contribution is -0.117. The summed E-state index contributed by atoms with van der Waals surface area (Å²) >= 11 is 0. The molecular formula is C14H22BNO3. The monoisotopic (exact) mass is 263 g/mol. The van der Waals surface area contributed by atoms with Crippen LogP contribution in [0, 0.1) is 19.3 Å². The second-order valence-electron chi connectivity index (χ2n) is 6.19. The molecule has 0 spiro atoms. The third kappa shape index (κ3) is 4.69.